The Bertz CT molecular complexity index is 223. The maximum atomic E-state index is 5.53. The molecule has 62 valence electrons. The molecule has 0 atom stereocenters. The fourth-order valence-corrected chi connectivity index (χ4v) is 0.872. The molecule has 0 aliphatic heterocycles. The van der Waals surface area contributed by atoms with Crippen LogP contribution in [0.3, 0.4) is 0 Å². The predicted octanol–water partition coefficient (Wildman–Crippen LogP) is 2.76. The lowest BCUT2D eigenvalue weighted by Gasteiger charge is -1.96. The molecule has 1 aromatic heterocycles. The van der Waals surface area contributed by atoms with Gasteiger partial charge in [0.25, 0.3) is 0 Å². The van der Waals surface area contributed by atoms with Gasteiger partial charge in [0, 0.05) is 10.7 Å². The minimum absolute atomic E-state index is 0.726. The zero-order chi connectivity index (χ0) is 8.85. The molecule has 3 heteroatoms. The molecule has 0 aliphatic carbocycles. The lowest BCUT2D eigenvalue weighted by Crippen LogP contribution is -1.91. The molecule has 0 amide bonds. The largest absolute Gasteiger partial charge is 0.397 e. The van der Waals surface area contributed by atoms with Crippen LogP contribution in [0.15, 0.2) is 16.7 Å². The third-order valence-corrected chi connectivity index (χ3v) is 1.53. The van der Waals surface area contributed by atoms with Crippen LogP contribution in [-0.4, -0.2) is 4.98 Å². The van der Waals surface area contributed by atoms with Gasteiger partial charge in [0.1, 0.15) is 0 Å². The molecule has 11 heavy (non-hydrogen) atoms. The summed E-state index contributed by atoms with van der Waals surface area (Å²) in [5.74, 6) is 0. The maximum absolute atomic E-state index is 5.53. The molecule has 0 fully saturated rings. The molecule has 0 spiro atoms. The molecule has 2 nitrogen and oxygen atoms in total. The van der Waals surface area contributed by atoms with Crippen LogP contribution in [0.2, 0.25) is 0 Å². The van der Waals surface area contributed by atoms with E-state index in [1.54, 1.807) is 6.20 Å². The summed E-state index contributed by atoms with van der Waals surface area (Å²) in [7, 11) is 0. The SMILES string of the molecule is CC.Cc1ncc(Br)cc1N. The lowest BCUT2D eigenvalue weighted by molar-refractivity contribution is 1.20. The van der Waals surface area contributed by atoms with E-state index in [4.69, 9.17) is 5.73 Å². The van der Waals surface area contributed by atoms with Gasteiger partial charge in [-0.25, -0.2) is 0 Å². The van der Waals surface area contributed by atoms with Gasteiger partial charge < -0.3 is 5.73 Å². The summed E-state index contributed by atoms with van der Waals surface area (Å²) in [4.78, 5) is 4.01. The number of nitrogens with two attached hydrogens (primary N) is 1. The molecule has 0 aromatic carbocycles. The van der Waals surface area contributed by atoms with Crippen LogP contribution in [0.4, 0.5) is 5.69 Å². The van der Waals surface area contributed by atoms with Crippen LogP contribution in [0, 0.1) is 6.92 Å². The Kier molecular flexibility index (Phi) is 4.86. The average Bonchev–Trinajstić information content (AvgIpc) is 2.02. The molecule has 2 N–H and O–H groups in total. The van der Waals surface area contributed by atoms with Crippen molar-refractivity contribution in [3.05, 3.63) is 22.4 Å². The van der Waals surface area contributed by atoms with E-state index in [2.05, 4.69) is 20.9 Å². The first-order valence-electron chi connectivity index (χ1n) is 3.58. The second-order valence-corrected chi connectivity index (χ2v) is 2.74. The Morgan fingerprint density at radius 1 is 1.45 bits per heavy atom. The number of nitrogen functional groups attached to an aromatic ring is 1. The maximum Gasteiger partial charge on any atom is 0.0602 e. The van der Waals surface area contributed by atoms with E-state index in [0.29, 0.717) is 0 Å². The van der Waals surface area contributed by atoms with Crippen molar-refractivity contribution in [2.45, 2.75) is 20.8 Å². The van der Waals surface area contributed by atoms with Crippen LogP contribution >= 0.6 is 15.9 Å². The first-order valence-corrected chi connectivity index (χ1v) is 4.37. The van der Waals surface area contributed by atoms with Crippen molar-refractivity contribution in [1.29, 1.82) is 0 Å². The van der Waals surface area contributed by atoms with Gasteiger partial charge in [0.05, 0.1) is 11.4 Å². The molecule has 1 heterocycles. The summed E-state index contributed by atoms with van der Waals surface area (Å²) in [5, 5.41) is 0. The van der Waals surface area contributed by atoms with Gasteiger partial charge in [-0.1, -0.05) is 13.8 Å². The number of anilines is 1. The summed E-state index contributed by atoms with van der Waals surface area (Å²) in [6.07, 6.45) is 1.73. The van der Waals surface area contributed by atoms with Gasteiger partial charge in [-0.3, -0.25) is 4.98 Å². The fourth-order valence-electron chi connectivity index (χ4n) is 0.523. The van der Waals surface area contributed by atoms with Gasteiger partial charge in [-0.05, 0) is 28.9 Å². The summed E-state index contributed by atoms with van der Waals surface area (Å²) in [5.41, 5.74) is 7.13. The van der Waals surface area contributed by atoms with E-state index in [0.717, 1.165) is 15.9 Å². The average molecular weight is 217 g/mol. The van der Waals surface area contributed by atoms with E-state index >= 15 is 0 Å². The number of aromatic nitrogens is 1. The molecule has 1 aromatic rings. The van der Waals surface area contributed by atoms with Crippen molar-refractivity contribution in [2.24, 2.45) is 0 Å². The zero-order valence-electron chi connectivity index (χ0n) is 7.06. The van der Waals surface area contributed by atoms with Crippen molar-refractivity contribution in [3.8, 4) is 0 Å². The first-order chi connectivity index (χ1) is 5.20. The molecule has 0 radical (unpaired) electrons. The second-order valence-electron chi connectivity index (χ2n) is 1.83. The number of hydrogen-bond donors (Lipinski definition) is 1. The summed E-state index contributed by atoms with van der Waals surface area (Å²) in [6, 6.07) is 1.84. The predicted molar refractivity (Wildman–Crippen MR) is 52.4 cm³/mol. The molecule has 0 unspecified atom stereocenters. The minimum Gasteiger partial charge on any atom is -0.397 e. The summed E-state index contributed by atoms with van der Waals surface area (Å²) < 4.78 is 0.922. The van der Waals surface area contributed by atoms with E-state index in [9.17, 15) is 0 Å². The van der Waals surface area contributed by atoms with Crippen LogP contribution in [0.25, 0.3) is 0 Å². The lowest BCUT2D eigenvalue weighted by atomic mass is 10.3. The van der Waals surface area contributed by atoms with Gasteiger partial charge in [0.15, 0.2) is 0 Å². The van der Waals surface area contributed by atoms with Crippen LogP contribution in [-0.2, 0) is 0 Å². The van der Waals surface area contributed by atoms with Crippen molar-refractivity contribution in [3.63, 3.8) is 0 Å². The third kappa shape index (κ3) is 3.37. The molecular formula is C8H13BrN2. The van der Waals surface area contributed by atoms with E-state index < -0.39 is 0 Å². The Hall–Kier alpha value is -0.570. The zero-order valence-corrected chi connectivity index (χ0v) is 8.64. The molecule has 0 bridgehead atoms. The van der Waals surface area contributed by atoms with Gasteiger partial charge in [-0.15, -0.1) is 0 Å². The summed E-state index contributed by atoms with van der Waals surface area (Å²) in [6.45, 7) is 5.88. The van der Waals surface area contributed by atoms with E-state index in [1.807, 2.05) is 26.8 Å². The number of rotatable bonds is 0. The number of aryl methyl sites for hydroxylation is 1. The highest BCUT2D eigenvalue weighted by Crippen LogP contribution is 2.13. The highest BCUT2D eigenvalue weighted by molar-refractivity contribution is 9.10. The Balaban J connectivity index is 0.000000461. The molecule has 0 aliphatic rings. The highest BCUT2D eigenvalue weighted by Gasteiger charge is 1.92. The Morgan fingerprint density at radius 3 is 2.36 bits per heavy atom. The third-order valence-electron chi connectivity index (χ3n) is 1.09. The molecule has 0 saturated carbocycles. The number of nitrogens with zero attached hydrogens (tertiary/aromatic N) is 1. The standard InChI is InChI=1S/C6H7BrN2.C2H6/c1-4-6(8)2-5(7)3-9-4;1-2/h2-3H,8H2,1H3;1-2H3. The van der Waals surface area contributed by atoms with Gasteiger partial charge in [-0.2, -0.15) is 0 Å². The van der Waals surface area contributed by atoms with Crippen molar-refractivity contribution >= 4 is 21.6 Å². The van der Waals surface area contributed by atoms with Crippen LogP contribution in [0.5, 0.6) is 0 Å². The van der Waals surface area contributed by atoms with Crippen molar-refractivity contribution < 1.29 is 0 Å². The van der Waals surface area contributed by atoms with Gasteiger partial charge in [0.2, 0.25) is 0 Å². The number of hydrogen-bond acceptors (Lipinski definition) is 2. The Labute approximate surface area is 76.0 Å². The molecule has 1 rings (SSSR count). The topological polar surface area (TPSA) is 38.9 Å². The molecular weight excluding hydrogens is 204 g/mol. The van der Waals surface area contributed by atoms with E-state index in [-0.39, 0.29) is 0 Å². The second kappa shape index (κ2) is 5.13. The smallest absolute Gasteiger partial charge is 0.0602 e. The van der Waals surface area contributed by atoms with E-state index in [1.165, 1.54) is 0 Å². The minimum atomic E-state index is 0.726. The van der Waals surface area contributed by atoms with Crippen molar-refractivity contribution in [1.82, 2.24) is 4.98 Å². The fraction of sp³-hybridized carbons (Fsp3) is 0.375. The number of pyridine rings is 1. The molecule has 0 saturated heterocycles. The normalized spacial score (nSPS) is 8.36. The Morgan fingerprint density at radius 2 is 2.00 bits per heavy atom. The van der Waals surface area contributed by atoms with Crippen LogP contribution in [0.1, 0.15) is 19.5 Å². The number of halogens is 1. The first kappa shape index (κ1) is 10.4. The van der Waals surface area contributed by atoms with Crippen LogP contribution < -0.4 is 5.73 Å². The summed E-state index contributed by atoms with van der Waals surface area (Å²) >= 11 is 3.25. The van der Waals surface area contributed by atoms with Gasteiger partial charge >= 0.3 is 0 Å². The van der Waals surface area contributed by atoms with Crippen molar-refractivity contribution in [2.75, 3.05) is 5.73 Å². The monoisotopic (exact) mass is 216 g/mol. The quantitative estimate of drug-likeness (QED) is 0.725. The highest BCUT2D eigenvalue weighted by atomic mass is 79.9.